The molecule has 145 heavy (non-hydrogen) atoms. The number of rotatable bonds is 82. The van der Waals surface area contributed by atoms with E-state index in [9.17, 15) is 0 Å². The van der Waals surface area contributed by atoms with E-state index < -0.39 is 16.1 Å². The molecule has 0 spiro atoms. The Morgan fingerprint density at radius 3 is 0.559 bits per heavy atom. The highest BCUT2D eigenvalue weighted by Crippen LogP contribution is 2.41. The Morgan fingerprint density at radius 2 is 0.379 bits per heavy atom. The van der Waals surface area contributed by atoms with Crippen molar-refractivity contribution in [1.29, 1.82) is 0 Å². The van der Waals surface area contributed by atoms with Crippen molar-refractivity contribution < 1.29 is 90.0 Å². The second-order valence-corrected chi connectivity index (χ2v) is 63.7. The largest absolute Gasteiger partial charge is 0.379 e. The fourth-order valence-corrected chi connectivity index (χ4v) is 26.2. The summed E-state index contributed by atoms with van der Waals surface area (Å²) < 4.78 is 112. The molecule has 0 aliphatic heterocycles. The van der Waals surface area contributed by atoms with Crippen LogP contribution in [0.2, 0.25) is 47.3 Å². The highest BCUT2D eigenvalue weighted by atomic mass is 32.2. The Labute approximate surface area is 913 Å². The van der Waals surface area contributed by atoms with Gasteiger partial charge in [0.25, 0.3) is 0 Å². The van der Waals surface area contributed by atoms with Gasteiger partial charge in [0.05, 0.1) is 249 Å². The molecule has 23 heteroatoms. The van der Waals surface area contributed by atoms with Gasteiger partial charge in [-0.25, -0.2) is 0 Å². The number of ether oxygens (including phenoxy) is 19. The van der Waals surface area contributed by atoms with Crippen LogP contribution < -0.4 is 5.32 Å². The summed E-state index contributed by atoms with van der Waals surface area (Å²) in [5, 5.41) is 4.18. The van der Waals surface area contributed by atoms with Gasteiger partial charge in [-0.15, -0.1) is 0 Å². The van der Waals surface area contributed by atoms with Crippen LogP contribution in [0, 0.1) is 51.2 Å². The summed E-state index contributed by atoms with van der Waals surface area (Å²) >= 11 is 1.95. The van der Waals surface area contributed by atoms with Crippen LogP contribution in [0.1, 0.15) is 433 Å². The summed E-state index contributed by atoms with van der Waals surface area (Å²) in [7, 11) is -2.51. The van der Waals surface area contributed by atoms with E-state index in [0.29, 0.717) is 141 Å². The Kier molecular flexibility index (Phi) is 98.9. The molecule has 884 valence electrons. The van der Waals surface area contributed by atoms with Crippen LogP contribution in [0.15, 0.2) is 0 Å². The van der Waals surface area contributed by atoms with Crippen molar-refractivity contribution in [2.45, 2.75) is 613 Å². The van der Waals surface area contributed by atoms with Crippen molar-refractivity contribution in [1.82, 2.24) is 5.32 Å². The number of nitrogens with one attached hydrogen (secondary N) is 1. The van der Waals surface area contributed by atoms with Crippen molar-refractivity contribution in [2.24, 2.45) is 51.2 Å². The molecule has 0 radical (unpaired) electrons. The Bertz CT molecular complexity index is 2370. The van der Waals surface area contributed by atoms with Gasteiger partial charge in [0.1, 0.15) is 0 Å². The first-order chi connectivity index (χ1) is 66.7. The van der Waals surface area contributed by atoms with Gasteiger partial charge in [0, 0.05) is 47.9 Å². The lowest BCUT2D eigenvalue weighted by Gasteiger charge is -2.38. The van der Waals surface area contributed by atoms with Gasteiger partial charge >= 0.3 is 0 Å². The molecule has 0 heterocycles. The summed E-state index contributed by atoms with van der Waals surface area (Å²) in [6, 6.07) is 8.70. The van der Waals surface area contributed by atoms with Crippen LogP contribution in [-0.2, 0) is 90.0 Å². The Balaban J connectivity index is -0.000000307. The van der Waals surface area contributed by atoms with Gasteiger partial charge in [-0.05, 0) is 329 Å². The topological polar surface area (TPSA) is 187 Å². The minimum Gasteiger partial charge on any atom is -0.379 e. The molecule has 0 rings (SSSR count). The van der Waals surface area contributed by atoms with E-state index >= 15 is 0 Å². The standard InChI is InChI=1S/C19H40O3.C18H40O3Si.C18H40Si.C17H36O4.C17H36O3S.C17H36O3.C16H35NO3/c1-15(2)10-9-11-19(12-20-16(3)4,13-21-17(5)6)14-22-18(7)8;1-15(2)19-9-12-22(18(7)8,13-10-20-16(3)4)14-11-21-17(5)6;1-15(2)9-12-19(18(7)8,13-10-16(3)4)14-11-17(5)6;2*1-13(2)18-9-17(10-19-14(3)4,11-20-15(5)6)12-21-16(7)8;1-13(2)9-17(10-18-14(3)4,11-19-15(5)6)12-20-16(7)8;1-12(2)17-16(9-18-13(3)4,10-19-14(5)6)11-20-15(7)8/h2*15-18H,9-14H2,1-8H3;15-18H,9-14H2,1-8H3;2*13-16H,9-12H2,1-8H3;13-16H,9-12H2,1-8H3;12-15,17H,9-11H2,1-8H3. The SMILES string of the molecule is CC(C)CC(COC(C)C)(COC(C)C)COC(C)C.CC(C)CCCC(COC(C)C)(COC(C)C)COC(C)C.CC(C)CC[Si](CCC(C)C)(CCC(C)C)C(C)C.CC(C)NC(COC(C)C)(COC(C)C)COC(C)C.CC(C)OCC(COC(C)C)(COC(C)C)COC(C)C.CC(C)OCC(COC(C)C)(COC(C)C)CSC(C)C.CC(C)OCC[Si](CCOC(C)C)(CCOC(C)C)C(C)C. The van der Waals surface area contributed by atoms with Crippen molar-refractivity contribution >= 4 is 27.9 Å². The van der Waals surface area contributed by atoms with Crippen LogP contribution in [0.4, 0.5) is 0 Å². The van der Waals surface area contributed by atoms with Gasteiger partial charge < -0.3 is 95.3 Å². The lowest BCUT2D eigenvalue weighted by atomic mass is 9.82. The van der Waals surface area contributed by atoms with Crippen LogP contribution in [0.25, 0.3) is 0 Å². The van der Waals surface area contributed by atoms with Crippen LogP contribution in [0.3, 0.4) is 0 Å². The Hall–Kier alpha value is -0.0162. The van der Waals surface area contributed by atoms with E-state index in [4.69, 9.17) is 90.0 Å². The highest BCUT2D eigenvalue weighted by molar-refractivity contribution is 7.99. The van der Waals surface area contributed by atoms with E-state index in [1.807, 2.05) is 109 Å². The first kappa shape index (κ1) is 158. The molecule has 0 aromatic heterocycles. The number of hydrogen-bond donors (Lipinski definition) is 1. The molecule has 1 N–H and O–H groups in total. The molecule has 0 aliphatic rings. The minimum absolute atomic E-state index is 0.0340. The monoisotopic (exact) mass is 2130 g/mol. The molecule has 0 saturated carbocycles. The van der Waals surface area contributed by atoms with Crippen LogP contribution in [-0.4, -0.2) is 280 Å². The lowest BCUT2D eigenvalue weighted by Crippen LogP contribution is -2.59. The zero-order chi connectivity index (χ0) is 114. The zero-order valence-corrected chi connectivity index (χ0v) is 110. The molecule has 0 saturated heterocycles. The molecule has 0 atom stereocenters. The fourth-order valence-electron chi connectivity index (χ4n) is 15.2. The third-order valence-electron chi connectivity index (χ3n) is 24.4. The lowest BCUT2D eigenvalue weighted by molar-refractivity contribution is -0.136. The molecule has 0 unspecified atom stereocenters. The van der Waals surface area contributed by atoms with E-state index in [-0.39, 0.29) is 125 Å². The number of thioether (sulfide) groups is 1. The second-order valence-electron chi connectivity index (χ2n) is 51.4. The third-order valence-corrected chi connectivity index (χ3v) is 38.2. The smallest absolute Gasteiger partial charge is 0.0892 e. The maximum absolute atomic E-state index is 5.97. The quantitative estimate of drug-likeness (QED) is 0.0566. The van der Waals surface area contributed by atoms with Gasteiger partial charge in [-0.3, -0.25) is 0 Å². The van der Waals surface area contributed by atoms with E-state index in [2.05, 4.69) is 296 Å². The molecule has 0 aromatic carbocycles. The first-order valence-electron chi connectivity index (χ1n) is 58.8. The summed E-state index contributed by atoms with van der Waals surface area (Å²) in [5.41, 5.74) is 0.975. The van der Waals surface area contributed by atoms with Crippen LogP contribution >= 0.6 is 11.8 Å². The summed E-state index contributed by atoms with van der Waals surface area (Å²) in [5.74, 6) is 4.96. The second kappa shape index (κ2) is 90.9. The molecule has 20 nitrogen and oxygen atoms in total. The molecule has 0 aliphatic carbocycles. The van der Waals surface area contributed by atoms with Crippen molar-refractivity contribution in [2.75, 3.05) is 131 Å². The molecular weight excluding hydrogens is 1870 g/mol. The fraction of sp³-hybridized carbons (Fsp3) is 1.00. The average molecular weight is 2140 g/mol. The summed E-state index contributed by atoms with van der Waals surface area (Å²) in [4.78, 5) is 0. The zero-order valence-electron chi connectivity index (χ0n) is 108. The molecule has 0 amide bonds. The molecule has 0 aromatic rings. The number of hydrogen-bond acceptors (Lipinski definition) is 21. The van der Waals surface area contributed by atoms with E-state index in [0.717, 1.165) is 73.2 Å². The molecule has 0 fully saturated rings. The van der Waals surface area contributed by atoms with Gasteiger partial charge in [-0.2, -0.15) is 11.8 Å². The summed E-state index contributed by atoms with van der Waals surface area (Å²) in [6.45, 7) is 134. The predicted octanol–water partition coefficient (Wildman–Crippen LogP) is 32.5. The predicted molar refractivity (Wildman–Crippen MR) is 636 cm³/mol. The maximum atomic E-state index is 5.97. The van der Waals surface area contributed by atoms with Crippen molar-refractivity contribution in [3.8, 4) is 0 Å². The van der Waals surface area contributed by atoms with Gasteiger partial charge in [0.2, 0.25) is 0 Å². The first-order valence-corrected chi connectivity index (χ1v) is 65.3. The van der Waals surface area contributed by atoms with Gasteiger partial charge in [-0.1, -0.05) is 186 Å². The van der Waals surface area contributed by atoms with Gasteiger partial charge in [0.15, 0.2) is 0 Å². The maximum Gasteiger partial charge on any atom is 0.0892 e. The van der Waals surface area contributed by atoms with Crippen molar-refractivity contribution in [3.63, 3.8) is 0 Å². The van der Waals surface area contributed by atoms with Crippen molar-refractivity contribution in [3.05, 3.63) is 0 Å². The van der Waals surface area contributed by atoms with E-state index in [1.165, 1.54) is 50.2 Å². The highest BCUT2D eigenvalue weighted by Gasteiger charge is 2.42. The molecule has 0 bridgehead atoms. The minimum atomic E-state index is -1.45. The summed E-state index contributed by atoms with van der Waals surface area (Å²) in [6.07, 6.45) is 13.3. The molecular formula is C122H263NO19SSi2. The average Bonchev–Trinajstić information content (AvgIpc) is 0.804. The normalized spacial score (nSPS) is 13.2. The van der Waals surface area contributed by atoms with Crippen LogP contribution in [0.5, 0.6) is 0 Å². The Morgan fingerprint density at radius 1 is 0.193 bits per heavy atom. The van der Waals surface area contributed by atoms with E-state index in [1.54, 1.807) is 18.1 Å². The third kappa shape index (κ3) is 100.